The SMILES string of the molecule is CC(C)(C)c1ccccc1NC(=O)C(=O)NC(CO)c1ccco1. The summed E-state index contributed by atoms with van der Waals surface area (Å²) in [4.78, 5) is 24.3. The van der Waals surface area contributed by atoms with E-state index in [2.05, 4.69) is 10.6 Å². The highest BCUT2D eigenvalue weighted by atomic mass is 16.3. The number of carbonyl (C=O) groups excluding carboxylic acids is 2. The molecule has 1 atom stereocenters. The van der Waals surface area contributed by atoms with Gasteiger partial charge in [0.15, 0.2) is 0 Å². The predicted octanol–water partition coefficient (Wildman–Crippen LogP) is 2.37. The van der Waals surface area contributed by atoms with E-state index in [0.717, 1.165) is 5.56 Å². The van der Waals surface area contributed by atoms with Crippen molar-refractivity contribution in [3.05, 3.63) is 54.0 Å². The number of benzene rings is 1. The van der Waals surface area contributed by atoms with Gasteiger partial charge in [-0.3, -0.25) is 9.59 Å². The first-order valence-corrected chi connectivity index (χ1v) is 7.68. The van der Waals surface area contributed by atoms with Crippen LogP contribution in [-0.4, -0.2) is 23.5 Å². The highest BCUT2D eigenvalue weighted by Gasteiger charge is 2.23. The van der Waals surface area contributed by atoms with Gasteiger partial charge in [0.1, 0.15) is 11.8 Å². The van der Waals surface area contributed by atoms with Gasteiger partial charge < -0.3 is 20.2 Å². The molecule has 0 saturated carbocycles. The molecule has 2 aromatic rings. The van der Waals surface area contributed by atoms with Crippen molar-refractivity contribution >= 4 is 17.5 Å². The summed E-state index contributed by atoms with van der Waals surface area (Å²) in [6, 6.07) is 9.83. The zero-order valence-corrected chi connectivity index (χ0v) is 14.0. The largest absolute Gasteiger partial charge is 0.467 e. The van der Waals surface area contributed by atoms with Crippen LogP contribution in [0.1, 0.15) is 38.1 Å². The van der Waals surface area contributed by atoms with Crippen molar-refractivity contribution in [1.29, 1.82) is 0 Å². The molecule has 0 spiro atoms. The average molecular weight is 330 g/mol. The molecule has 0 fully saturated rings. The van der Waals surface area contributed by atoms with Crippen molar-refractivity contribution in [2.24, 2.45) is 0 Å². The Morgan fingerprint density at radius 3 is 2.42 bits per heavy atom. The number of aliphatic hydroxyl groups excluding tert-OH is 1. The monoisotopic (exact) mass is 330 g/mol. The van der Waals surface area contributed by atoms with Gasteiger partial charge in [0.2, 0.25) is 0 Å². The number of anilines is 1. The Morgan fingerprint density at radius 2 is 1.83 bits per heavy atom. The highest BCUT2D eigenvalue weighted by molar-refractivity contribution is 6.39. The Morgan fingerprint density at radius 1 is 1.12 bits per heavy atom. The molecule has 0 aliphatic carbocycles. The van der Waals surface area contributed by atoms with Crippen LogP contribution in [-0.2, 0) is 15.0 Å². The Labute approximate surface area is 140 Å². The van der Waals surface area contributed by atoms with Crippen molar-refractivity contribution in [1.82, 2.24) is 5.32 Å². The summed E-state index contributed by atoms with van der Waals surface area (Å²) in [5.41, 5.74) is 1.34. The van der Waals surface area contributed by atoms with Crippen LogP contribution in [0, 0.1) is 0 Å². The fraction of sp³-hybridized carbons (Fsp3) is 0.333. The lowest BCUT2D eigenvalue weighted by Crippen LogP contribution is -2.39. The fourth-order valence-corrected chi connectivity index (χ4v) is 2.35. The van der Waals surface area contributed by atoms with Crippen LogP contribution in [0.5, 0.6) is 0 Å². The standard InChI is InChI=1S/C18H22N2O4/c1-18(2,3)12-7-4-5-8-13(12)19-16(22)17(23)20-14(11-21)15-9-6-10-24-15/h4-10,14,21H,11H2,1-3H3,(H,19,22)(H,20,23). The van der Waals surface area contributed by atoms with Gasteiger partial charge in [-0.1, -0.05) is 39.0 Å². The summed E-state index contributed by atoms with van der Waals surface area (Å²) in [6.07, 6.45) is 1.43. The summed E-state index contributed by atoms with van der Waals surface area (Å²) in [5, 5.41) is 14.4. The molecule has 24 heavy (non-hydrogen) atoms. The molecule has 128 valence electrons. The number of para-hydroxylation sites is 1. The van der Waals surface area contributed by atoms with Crippen LogP contribution in [0.4, 0.5) is 5.69 Å². The molecule has 3 N–H and O–H groups in total. The molecule has 0 aliphatic heterocycles. The van der Waals surface area contributed by atoms with Crippen molar-refractivity contribution < 1.29 is 19.1 Å². The van der Waals surface area contributed by atoms with Gasteiger partial charge in [-0.15, -0.1) is 0 Å². The second-order valence-corrected chi connectivity index (χ2v) is 6.47. The minimum absolute atomic E-state index is 0.178. The van der Waals surface area contributed by atoms with Crippen molar-refractivity contribution in [3.8, 4) is 0 Å². The Kier molecular flexibility index (Phi) is 5.41. The molecule has 2 amide bonds. The number of hydrogen-bond donors (Lipinski definition) is 3. The predicted molar refractivity (Wildman–Crippen MR) is 90.4 cm³/mol. The van der Waals surface area contributed by atoms with Gasteiger partial charge in [-0.25, -0.2) is 0 Å². The van der Waals surface area contributed by atoms with Gasteiger partial charge in [-0.2, -0.15) is 0 Å². The third-order valence-corrected chi connectivity index (χ3v) is 3.56. The number of hydrogen-bond acceptors (Lipinski definition) is 4. The number of nitrogens with one attached hydrogen (secondary N) is 2. The quantitative estimate of drug-likeness (QED) is 0.751. The van der Waals surface area contributed by atoms with E-state index < -0.39 is 17.9 Å². The van der Waals surface area contributed by atoms with E-state index in [0.29, 0.717) is 11.4 Å². The second kappa shape index (κ2) is 7.31. The third kappa shape index (κ3) is 4.23. The average Bonchev–Trinajstić information content (AvgIpc) is 3.06. The topological polar surface area (TPSA) is 91.6 Å². The Bertz CT molecular complexity index is 702. The zero-order valence-electron chi connectivity index (χ0n) is 14.0. The summed E-state index contributed by atoms with van der Waals surface area (Å²) in [5.74, 6) is -1.25. The number of carbonyl (C=O) groups is 2. The molecule has 1 unspecified atom stereocenters. The maximum Gasteiger partial charge on any atom is 0.313 e. The summed E-state index contributed by atoms with van der Waals surface area (Å²) < 4.78 is 5.14. The maximum atomic E-state index is 12.2. The molecular formula is C18H22N2O4. The van der Waals surface area contributed by atoms with E-state index in [1.165, 1.54) is 6.26 Å². The Hall–Kier alpha value is -2.60. The van der Waals surface area contributed by atoms with Crippen molar-refractivity contribution in [2.75, 3.05) is 11.9 Å². The minimum atomic E-state index is -0.839. The first-order valence-electron chi connectivity index (χ1n) is 7.68. The lowest BCUT2D eigenvalue weighted by molar-refractivity contribution is -0.136. The number of rotatable bonds is 4. The molecule has 1 aromatic heterocycles. The smallest absolute Gasteiger partial charge is 0.313 e. The highest BCUT2D eigenvalue weighted by Crippen LogP contribution is 2.29. The number of aliphatic hydroxyl groups is 1. The molecule has 0 saturated heterocycles. The second-order valence-electron chi connectivity index (χ2n) is 6.47. The van der Waals surface area contributed by atoms with Crippen LogP contribution in [0.15, 0.2) is 47.1 Å². The van der Waals surface area contributed by atoms with Crippen LogP contribution < -0.4 is 10.6 Å². The molecule has 0 bridgehead atoms. The minimum Gasteiger partial charge on any atom is -0.467 e. The molecular weight excluding hydrogens is 308 g/mol. The molecule has 0 aliphatic rings. The van der Waals surface area contributed by atoms with E-state index >= 15 is 0 Å². The van der Waals surface area contributed by atoms with E-state index in [1.54, 1.807) is 24.3 Å². The molecule has 2 rings (SSSR count). The van der Waals surface area contributed by atoms with E-state index in [4.69, 9.17) is 4.42 Å². The van der Waals surface area contributed by atoms with E-state index in [1.807, 2.05) is 32.9 Å². The lowest BCUT2D eigenvalue weighted by Gasteiger charge is -2.23. The van der Waals surface area contributed by atoms with Crippen LogP contribution >= 0.6 is 0 Å². The van der Waals surface area contributed by atoms with Gasteiger partial charge in [0.25, 0.3) is 0 Å². The van der Waals surface area contributed by atoms with Crippen molar-refractivity contribution in [2.45, 2.75) is 32.2 Å². The van der Waals surface area contributed by atoms with Gasteiger partial charge >= 0.3 is 11.8 Å². The summed E-state index contributed by atoms with van der Waals surface area (Å²) in [6.45, 7) is 5.70. The third-order valence-electron chi connectivity index (χ3n) is 3.56. The first kappa shape index (κ1) is 17.7. The number of furan rings is 1. The Balaban J connectivity index is 2.09. The van der Waals surface area contributed by atoms with E-state index in [9.17, 15) is 14.7 Å². The van der Waals surface area contributed by atoms with Gasteiger partial charge in [0, 0.05) is 5.69 Å². The summed E-state index contributed by atoms with van der Waals surface area (Å²) >= 11 is 0. The van der Waals surface area contributed by atoms with Crippen LogP contribution in [0.25, 0.3) is 0 Å². The molecule has 0 radical (unpaired) electrons. The molecule has 1 heterocycles. The number of amides is 2. The zero-order chi connectivity index (χ0) is 17.7. The first-order chi connectivity index (χ1) is 11.3. The molecule has 6 nitrogen and oxygen atoms in total. The van der Waals surface area contributed by atoms with Gasteiger partial charge in [-0.05, 0) is 29.2 Å². The lowest BCUT2D eigenvalue weighted by atomic mass is 9.86. The normalized spacial score (nSPS) is 12.5. The molecule has 1 aromatic carbocycles. The van der Waals surface area contributed by atoms with Crippen molar-refractivity contribution in [3.63, 3.8) is 0 Å². The van der Waals surface area contributed by atoms with Gasteiger partial charge in [0.05, 0.1) is 12.9 Å². The van der Waals surface area contributed by atoms with Crippen LogP contribution in [0.2, 0.25) is 0 Å². The fourth-order valence-electron chi connectivity index (χ4n) is 2.35. The maximum absolute atomic E-state index is 12.2. The summed E-state index contributed by atoms with van der Waals surface area (Å²) in [7, 11) is 0. The molecule has 6 heteroatoms. The van der Waals surface area contributed by atoms with E-state index in [-0.39, 0.29) is 12.0 Å². The van der Waals surface area contributed by atoms with Crippen LogP contribution in [0.3, 0.4) is 0 Å².